The van der Waals surface area contributed by atoms with E-state index in [-0.39, 0.29) is 16.6 Å². The van der Waals surface area contributed by atoms with Crippen LogP contribution in [-0.2, 0) is 10.0 Å². The summed E-state index contributed by atoms with van der Waals surface area (Å²) in [5, 5.41) is 0. The van der Waals surface area contributed by atoms with Gasteiger partial charge < -0.3 is 9.84 Å². The summed E-state index contributed by atoms with van der Waals surface area (Å²) < 4.78 is 31.3. The molecule has 1 aromatic carbocycles. The fourth-order valence-corrected chi connectivity index (χ4v) is 2.50. The van der Waals surface area contributed by atoms with Crippen molar-refractivity contribution >= 4 is 21.7 Å². The Hall–Kier alpha value is -2.06. The summed E-state index contributed by atoms with van der Waals surface area (Å²) in [5.74, 6) is 5.26. The van der Waals surface area contributed by atoms with Crippen molar-refractivity contribution < 1.29 is 12.8 Å². The zero-order chi connectivity index (χ0) is 13.2. The average molecular weight is 268 g/mol. The molecule has 0 saturated heterocycles. The molecule has 0 radical (unpaired) electrons. The first-order valence-corrected chi connectivity index (χ1v) is 6.52. The number of hydrogen-bond acceptors (Lipinski definition) is 6. The van der Waals surface area contributed by atoms with Crippen LogP contribution in [0.3, 0.4) is 0 Å². The number of nitrogens with two attached hydrogens (primary N) is 1. The summed E-state index contributed by atoms with van der Waals surface area (Å²) in [5.41, 5.74) is 3.19. The highest BCUT2D eigenvalue weighted by Gasteiger charge is 2.20. The minimum absolute atomic E-state index is 0.0170. The van der Waals surface area contributed by atoms with Crippen LogP contribution in [0.1, 0.15) is 5.69 Å². The van der Waals surface area contributed by atoms with Crippen molar-refractivity contribution in [2.45, 2.75) is 11.8 Å². The van der Waals surface area contributed by atoms with E-state index < -0.39 is 10.0 Å². The van der Waals surface area contributed by atoms with Crippen molar-refractivity contribution in [3.8, 4) is 0 Å². The van der Waals surface area contributed by atoms with E-state index >= 15 is 0 Å². The van der Waals surface area contributed by atoms with Gasteiger partial charge in [0.25, 0.3) is 10.0 Å². The third-order valence-corrected chi connectivity index (χ3v) is 3.55. The highest BCUT2D eigenvalue weighted by molar-refractivity contribution is 7.92. The average Bonchev–Trinajstić information content (AvgIpc) is 2.74. The number of benzene rings is 1. The molecule has 0 aliphatic carbocycles. The molecule has 1 aromatic heterocycles. The third kappa shape index (κ3) is 2.44. The first-order valence-electron chi connectivity index (χ1n) is 5.03. The molecule has 1 heterocycles. The highest BCUT2D eigenvalue weighted by atomic mass is 32.2. The van der Waals surface area contributed by atoms with Gasteiger partial charge in [0, 0.05) is 0 Å². The van der Waals surface area contributed by atoms with Gasteiger partial charge in [0.05, 0.1) is 11.4 Å². The fraction of sp³-hybridized carbons (Fsp3) is 0.100. The van der Waals surface area contributed by atoms with E-state index in [1.165, 1.54) is 12.3 Å². The second-order valence-electron chi connectivity index (χ2n) is 3.54. The molecule has 7 nitrogen and oxygen atoms in total. The number of hydrogen-bond donors (Lipinski definition) is 3. The van der Waals surface area contributed by atoms with E-state index in [4.69, 9.17) is 10.3 Å². The lowest BCUT2D eigenvalue weighted by Crippen LogP contribution is -2.17. The lowest BCUT2D eigenvalue weighted by atomic mass is 10.3. The minimum atomic E-state index is -3.79. The molecule has 2 rings (SSSR count). The number of rotatable bonds is 4. The maximum absolute atomic E-state index is 12.1. The van der Waals surface area contributed by atoms with Crippen LogP contribution in [0.15, 0.2) is 39.8 Å². The second kappa shape index (κ2) is 4.67. The monoisotopic (exact) mass is 268 g/mol. The van der Waals surface area contributed by atoms with Crippen molar-refractivity contribution in [3.05, 3.63) is 36.2 Å². The SMILES string of the molecule is Cc1coc(NS(=O)(=O)c2ccccc2NN)n1. The van der Waals surface area contributed by atoms with Gasteiger partial charge in [-0.3, -0.25) is 5.84 Å². The van der Waals surface area contributed by atoms with Crippen molar-refractivity contribution in [1.29, 1.82) is 0 Å². The van der Waals surface area contributed by atoms with E-state index in [9.17, 15) is 8.42 Å². The Morgan fingerprint density at radius 1 is 1.33 bits per heavy atom. The summed E-state index contributed by atoms with van der Waals surface area (Å²) in [6, 6.07) is 6.15. The van der Waals surface area contributed by atoms with Crippen LogP contribution in [0.5, 0.6) is 0 Å². The Labute approximate surface area is 104 Å². The van der Waals surface area contributed by atoms with E-state index in [1.54, 1.807) is 25.1 Å². The first-order chi connectivity index (χ1) is 8.53. The third-order valence-electron chi connectivity index (χ3n) is 2.17. The minimum Gasteiger partial charge on any atom is -0.431 e. The molecule has 0 fully saturated rings. The predicted molar refractivity (Wildman–Crippen MR) is 66.3 cm³/mol. The largest absolute Gasteiger partial charge is 0.431 e. The standard InChI is InChI=1S/C10H12N4O3S/c1-7-6-17-10(12-7)14-18(15,16)9-5-3-2-4-8(9)13-11/h2-6,13H,11H2,1H3,(H,12,14). The number of oxazole rings is 1. The summed E-state index contributed by atoms with van der Waals surface area (Å²) in [4.78, 5) is 3.89. The van der Waals surface area contributed by atoms with Gasteiger partial charge in [-0.05, 0) is 19.1 Å². The number of para-hydroxylation sites is 1. The number of nitrogens with one attached hydrogen (secondary N) is 2. The van der Waals surface area contributed by atoms with Gasteiger partial charge in [-0.15, -0.1) is 0 Å². The number of sulfonamides is 1. The van der Waals surface area contributed by atoms with E-state index in [0.29, 0.717) is 5.69 Å². The Kier molecular flexibility index (Phi) is 3.21. The summed E-state index contributed by atoms with van der Waals surface area (Å²) in [7, 11) is -3.79. The molecule has 0 saturated carbocycles. The van der Waals surface area contributed by atoms with Gasteiger partial charge >= 0.3 is 6.01 Å². The van der Waals surface area contributed by atoms with Crippen molar-refractivity contribution in [1.82, 2.24) is 4.98 Å². The highest BCUT2D eigenvalue weighted by Crippen LogP contribution is 2.22. The maximum atomic E-state index is 12.1. The molecule has 0 bridgehead atoms. The first kappa shape index (κ1) is 12.4. The lowest BCUT2D eigenvalue weighted by Gasteiger charge is -2.09. The molecule has 8 heteroatoms. The Balaban J connectivity index is 2.36. The molecule has 0 aliphatic rings. The van der Waals surface area contributed by atoms with Crippen molar-refractivity contribution in [2.24, 2.45) is 5.84 Å². The molecule has 18 heavy (non-hydrogen) atoms. The maximum Gasteiger partial charge on any atom is 0.309 e. The van der Waals surface area contributed by atoms with Gasteiger partial charge in [-0.2, -0.15) is 4.98 Å². The number of aromatic nitrogens is 1. The molecule has 0 spiro atoms. The summed E-state index contributed by atoms with van der Waals surface area (Å²) in [6.07, 6.45) is 1.35. The molecular formula is C10H12N4O3S. The number of nitrogen functional groups attached to an aromatic ring is 1. The molecule has 2 aromatic rings. The number of hydrazine groups is 1. The Bertz CT molecular complexity index is 651. The summed E-state index contributed by atoms with van der Waals surface area (Å²) in [6.45, 7) is 1.69. The molecule has 0 aliphatic heterocycles. The van der Waals surface area contributed by atoms with Gasteiger partial charge in [-0.25, -0.2) is 13.1 Å². The van der Waals surface area contributed by atoms with Gasteiger partial charge in [0.2, 0.25) is 0 Å². The van der Waals surface area contributed by atoms with Crippen LogP contribution >= 0.6 is 0 Å². The van der Waals surface area contributed by atoms with E-state index in [1.807, 2.05) is 0 Å². The van der Waals surface area contributed by atoms with Gasteiger partial charge in [-0.1, -0.05) is 12.1 Å². The van der Waals surface area contributed by atoms with Crippen molar-refractivity contribution in [3.63, 3.8) is 0 Å². The van der Waals surface area contributed by atoms with Crippen LogP contribution in [0.4, 0.5) is 11.7 Å². The smallest absolute Gasteiger partial charge is 0.309 e. The topological polar surface area (TPSA) is 110 Å². The molecular weight excluding hydrogens is 256 g/mol. The van der Waals surface area contributed by atoms with Crippen LogP contribution in [-0.4, -0.2) is 13.4 Å². The zero-order valence-corrected chi connectivity index (χ0v) is 10.4. The van der Waals surface area contributed by atoms with Crippen LogP contribution in [0.25, 0.3) is 0 Å². The normalized spacial score (nSPS) is 11.2. The van der Waals surface area contributed by atoms with Crippen LogP contribution in [0.2, 0.25) is 0 Å². The predicted octanol–water partition coefficient (Wildman–Crippen LogP) is 1.07. The second-order valence-corrected chi connectivity index (χ2v) is 5.19. The summed E-state index contributed by atoms with van der Waals surface area (Å²) >= 11 is 0. The van der Waals surface area contributed by atoms with Crippen molar-refractivity contribution in [2.75, 3.05) is 10.1 Å². The van der Waals surface area contributed by atoms with Crippen LogP contribution in [0, 0.1) is 6.92 Å². The van der Waals surface area contributed by atoms with Gasteiger partial charge in [0.1, 0.15) is 11.2 Å². The van der Waals surface area contributed by atoms with E-state index in [0.717, 1.165) is 0 Å². The Morgan fingerprint density at radius 2 is 2.06 bits per heavy atom. The number of nitrogens with zero attached hydrogens (tertiary/aromatic N) is 1. The van der Waals surface area contributed by atoms with Gasteiger partial charge in [0.15, 0.2) is 0 Å². The van der Waals surface area contributed by atoms with Crippen LogP contribution < -0.4 is 16.0 Å². The molecule has 96 valence electrons. The molecule has 0 atom stereocenters. The molecule has 0 unspecified atom stereocenters. The lowest BCUT2D eigenvalue weighted by molar-refractivity contribution is 0.569. The van der Waals surface area contributed by atoms with E-state index in [2.05, 4.69) is 15.1 Å². The molecule has 0 amide bonds. The molecule has 4 N–H and O–H groups in total. The number of anilines is 2. The quantitative estimate of drug-likeness (QED) is 0.565. The Morgan fingerprint density at radius 3 is 2.67 bits per heavy atom. The number of aryl methyl sites for hydroxylation is 1. The zero-order valence-electron chi connectivity index (χ0n) is 9.54. The fourth-order valence-electron chi connectivity index (χ4n) is 1.39.